The first-order valence-corrected chi connectivity index (χ1v) is 6.33. The first kappa shape index (κ1) is 13.7. The van der Waals surface area contributed by atoms with Crippen LogP contribution in [0, 0.1) is 5.41 Å². The third-order valence-corrected chi connectivity index (χ3v) is 2.96. The van der Waals surface area contributed by atoms with Crippen molar-refractivity contribution in [3.63, 3.8) is 0 Å². The van der Waals surface area contributed by atoms with E-state index in [1.807, 2.05) is 32.9 Å². The number of hydrogen-bond donors (Lipinski definition) is 1. The van der Waals surface area contributed by atoms with Crippen molar-refractivity contribution in [3.8, 4) is 0 Å². The molecule has 0 saturated carbocycles. The van der Waals surface area contributed by atoms with Crippen molar-refractivity contribution in [2.75, 3.05) is 0 Å². The van der Waals surface area contributed by atoms with E-state index in [2.05, 4.69) is 15.1 Å². The van der Waals surface area contributed by atoms with Gasteiger partial charge in [-0.15, -0.1) is 0 Å². The van der Waals surface area contributed by atoms with Gasteiger partial charge in [0.25, 0.3) is 0 Å². The van der Waals surface area contributed by atoms with Crippen LogP contribution in [0.3, 0.4) is 0 Å². The van der Waals surface area contributed by atoms with Gasteiger partial charge in [-0.2, -0.15) is 4.98 Å². The Balaban J connectivity index is 2.00. The van der Waals surface area contributed by atoms with E-state index in [0.717, 1.165) is 5.56 Å². The quantitative estimate of drug-likeness (QED) is 0.911. The Morgan fingerprint density at radius 3 is 2.79 bits per heavy atom. The van der Waals surface area contributed by atoms with Crippen molar-refractivity contribution in [1.29, 1.82) is 0 Å². The standard InChI is InChI=1S/C14H19N3O2/c1-14(2,3)11(18)8-13-16-12(17-19-13)7-10-5-4-6-15-9-10/h4-6,9,11,18H,7-8H2,1-3H3. The van der Waals surface area contributed by atoms with Crippen LogP contribution in [0.1, 0.15) is 38.0 Å². The lowest BCUT2D eigenvalue weighted by molar-refractivity contribution is 0.0565. The maximum Gasteiger partial charge on any atom is 0.229 e. The molecule has 0 amide bonds. The van der Waals surface area contributed by atoms with E-state index in [4.69, 9.17) is 4.52 Å². The van der Waals surface area contributed by atoms with Gasteiger partial charge in [0.1, 0.15) is 0 Å². The molecule has 1 atom stereocenters. The second kappa shape index (κ2) is 5.48. The Morgan fingerprint density at radius 1 is 1.37 bits per heavy atom. The summed E-state index contributed by atoms with van der Waals surface area (Å²) < 4.78 is 5.16. The Hall–Kier alpha value is -1.75. The van der Waals surface area contributed by atoms with E-state index in [1.165, 1.54) is 0 Å². The zero-order valence-electron chi connectivity index (χ0n) is 11.5. The molecule has 2 rings (SSSR count). The summed E-state index contributed by atoms with van der Waals surface area (Å²) in [5, 5.41) is 13.9. The Morgan fingerprint density at radius 2 is 2.16 bits per heavy atom. The topological polar surface area (TPSA) is 72.0 Å². The second-order valence-corrected chi connectivity index (χ2v) is 5.73. The molecule has 5 heteroatoms. The predicted molar refractivity (Wildman–Crippen MR) is 70.5 cm³/mol. The molecule has 0 saturated heterocycles. The first-order valence-electron chi connectivity index (χ1n) is 6.33. The average Bonchev–Trinajstić information content (AvgIpc) is 2.76. The number of aliphatic hydroxyl groups excluding tert-OH is 1. The summed E-state index contributed by atoms with van der Waals surface area (Å²) in [7, 11) is 0. The Kier molecular flexibility index (Phi) is 3.95. The maximum atomic E-state index is 10.0. The molecule has 2 heterocycles. The molecule has 0 aromatic carbocycles. The van der Waals surface area contributed by atoms with Crippen LogP contribution in [-0.4, -0.2) is 26.3 Å². The largest absolute Gasteiger partial charge is 0.392 e. The van der Waals surface area contributed by atoms with Gasteiger partial charge in [0, 0.05) is 18.8 Å². The normalized spacial score (nSPS) is 13.5. The van der Waals surface area contributed by atoms with Gasteiger partial charge < -0.3 is 9.63 Å². The van der Waals surface area contributed by atoms with Crippen LogP contribution in [0.5, 0.6) is 0 Å². The predicted octanol–water partition coefficient (Wildman–Crippen LogP) is 2.00. The zero-order valence-corrected chi connectivity index (χ0v) is 11.5. The highest BCUT2D eigenvalue weighted by molar-refractivity contribution is 5.13. The summed E-state index contributed by atoms with van der Waals surface area (Å²) in [6, 6.07) is 3.84. The SMILES string of the molecule is CC(C)(C)C(O)Cc1nc(Cc2cccnc2)no1. The fourth-order valence-electron chi connectivity index (χ4n) is 1.60. The minimum Gasteiger partial charge on any atom is -0.392 e. The van der Waals surface area contributed by atoms with Crippen molar-refractivity contribution >= 4 is 0 Å². The fraction of sp³-hybridized carbons (Fsp3) is 0.500. The van der Waals surface area contributed by atoms with Crippen molar-refractivity contribution in [1.82, 2.24) is 15.1 Å². The van der Waals surface area contributed by atoms with E-state index in [1.54, 1.807) is 12.4 Å². The van der Waals surface area contributed by atoms with E-state index in [-0.39, 0.29) is 5.41 Å². The van der Waals surface area contributed by atoms with Crippen molar-refractivity contribution in [2.45, 2.75) is 39.7 Å². The molecule has 2 aromatic heterocycles. The van der Waals surface area contributed by atoms with E-state index < -0.39 is 6.10 Å². The molecule has 19 heavy (non-hydrogen) atoms. The van der Waals surface area contributed by atoms with Crippen LogP contribution >= 0.6 is 0 Å². The highest BCUT2D eigenvalue weighted by Crippen LogP contribution is 2.21. The molecule has 1 N–H and O–H groups in total. The highest BCUT2D eigenvalue weighted by atomic mass is 16.5. The smallest absolute Gasteiger partial charge is 0.229 e. The van der Waals surface area contributed by atoms with Crippen LogP contribution in [0.25, 0.3) is 0 Å². The van der Waals surface area contributed by atoms with Gasteiger partial charge in [-0.25, -0.2) is 0 Å². The van der Waals surface area contributed by atoms with E-state index >= 15 is 0 Å². The molecule has 0 aliphatic rings. The molecule has 102 valence electrons. The molecule has 0 radical (unpaired) electrons. The van der Waals surface area contributed by atoms with Gasteiger partial charge >= 0.3 is 0 Å². The summed E-state index contributed by atoms with van der Waals surface area (Å²) in [5.41, 5.74) is 0.837. The molecule has 1 unspecified atom stereocenters. The van der Waals surface area contributed by atoms with Crippen LogP contribution in [0.4, 0.5) is 0 Å². The van der Waals surface area contributed by atoms with Crippen molar-refractivity contribution in [2.24, 2.45) is 5.41 Å². The molecular formula is C14H19N3O2. The molecule has 0 bridgehead atoms. The summed E-state index contributed by atoms with van der Waals surface area (Å²) >= 11 is 0. The van der Waals surface area contributed by atoms with Crippen LogP contribution in [-0.2, 0) is 12.8 Å². The molecule has 5 nitrogen and oxygen atoms in total. The second-order valence-electron chi connectivity index (χ2n) is 5.73. The average molecular weight is 261 g/mol. The summed E-state index contributed by atoms with van der Waals surface area (Å²) in [6.45, 7) is 5.93. The van der Waals surface area contributed by atoms with Gasteiger partial charge in [0.15, 0.2) is 5.82 Å². The molecule has 2 aromatic rings. The van der Waals surface area contributed by atoms with Gasteiger partial charge in [-0.1, -0.05) is 32.0 Å². The maximum absolute atomic E-state index is 10.0. The number of pyridine rings is 1. The third-order valence-electron chi connectivity index (χ3n) is 2.96. The Bertz CT molecular complexity index is 517. The van der Waals surface area contributed by atoms with Crippen molar-refractivity contribution in [3.05, 3.63) is 41.8 Å². The first-order chi connectivity index (χ1) is 8.95. The fourth-order valence-corrected chi connectivity index (χ4v) is 1.60. The van der Waals surface area contributed by atoms with Crippen LogP contribution < -0.4 is 0 Å². The molecule has 0 fully saturated rings. The Labute approximate surface area is 112 Å². The van der Waals surface area contributed by atoms with E-state index in [9.17, 15) is 5.11 Å². The monoisotopic (exact) mass is 261 g/mol. The number of hydrogen-bond acceptors (Lipinski definition) is 5. The zero-order chi connectivity index (χ0) is 13.9. The number of nitrogens with zero attached hydrogens (tertiary/aromatic N) is 3. The molecule has 0 spiro atoms. The molecule has 0 aliphatic heterocycles. The number of aliphatic hydroxyl groups is 1. The lowest BCUT2D eigenvalue weighted by Crippen LogP contribution is -2.28. The van der Waals surface area contributed by atoms with Gasteiger partial charge in [-0.3, -0.25) is 4.98 Å². The molecule has 0 aliphatic carbocycles. The van der Waals surface area contributed by atoms with Crippen LogP contribution in [0.2, 0.25) is 0 Å². The highest BCUT2D eigenvalue weighted by Gasteiger charge is 2.24. The summed E-state index contributed by atoms with van der Waals surface area (Å²) in [4.78, 5) is 8.34. The third kappa shape index (κ3) is 3.86. The lowest BCUT2D eigenvalue weighted by Gasteiger charge is -2.24. The number of rotatable bonds is 4. The lowest BCUT2D eigenvalue weighted by atomic mass is 9.87. The number of aromatic nitrogens is 3. The molecular weight excluding hydrogens is 242 g/mol. The minimum absolute atomic E-state index is 0.196. The summed E-state index contributed by atoms with van der Waals surface area (Å²) in [5.74, 6) is 1.09. The van der Waals surface area contributed by atoms with Gasteiger partial charge in [-0.05, 0) is 17.0 Å². The van der Waals surface area contributed by atoms with Crippen molar-refractivity contribution < 1.29 is 9.63 Å². The summed E-state index contributed by atoms with van der Waals surface area (Å²) in [6.07, 6.45) is 3.97. The van der Waals surface area contributed by atoms with Gasteiger partial charge in [0.05, 0.1) is 12.5 Å². The minimum atomic E-state index is -0.501. The van der Waals surface area contributed by atoms with Gasteiger partial charge in [0.2, 0.25) is 5.89 Å². The van der Waals surface area contributed by atoms with E-state index in [0.29, 0.717) is 24.6 Å². The van der Waals surface area contributed by atoms with Crippen LogP contribution in [0.15, 0.2) is 29.0 Å².